The quantitative estimate of drug-likeness (QED) is 0.553. The third-order valence-electron chi connectivity index (χ3n) is 2.40. The van der Waals surface area contributed by atoms with Crippen molar-refractivity contribution in [3.63, 3.8) is 0 Å². The maximum atomic E-state index is 5.58. The van der Waals surface area contributed by atoms with Crippen molar-refractivity contribution in [1.82, 2.24) is 15.2 Å². The first-order chi connectivity index (χ1) is 6.36. The summed E-state index contributed by atoms with van der Waals surface area (Å²) in [6.45, 7) is 8.48. The van der Waals surface area contributed by atoms with Gasteiger partial charge in [-0.05, 0) is 12.3 Å². The highest BCUT2D eigenvalue weighted by Gasteiger charge is 2.27. The van der Waals surface area contributed by atoms with Gasteiger partial charge in [-0.3, -0.25) is 16.0 Å². The fourth-order valence-corrected chi connectivity index (χ4v) is 1.71. The van der Waals surface area contributed by atoms with Crippen molar-refractivity contribution in [3.8, 4) is 0 Å². The van der Waals surface area contributed by atoms with Crippen LogP contribution in [0.5, 0.6) is 0 Å². The van der Waals surface area contributed by atoms with E-state index in [0.29, 0.717) is 0 Å². The normalized spacial score (nSPS) is 14.4. The van der Waals surface area contributed by atoms with Crippen molar-refractivity contribution in [2.24, 2.45) is 18.3 Å². The summed E-state index contributed by atoms with van der Waals surface area (Å²) in [4.78, 5) is 0. The minimum absolute atomic E-state index is 0.0859. The lowest BCUT2D eigenvalue weighted by Crippen LogP contribution is -2.37. The van der Waals surface area contributed by atoms with Crippen LogP contribution >= 0.6 is 0 Å². The number of rotatable bonds is 2. The van der Waals surface area contributed by atoms with Gasteiger partial charge < -0.3 is 0 Å². The molecule has 0 aliphatic heterocycles. The zero-order chi connectivity index (χ0) is 10.9. The van der Waals surface area contributed by atoms with E-state index in [1.807, 2.05) is 24.9 Å². The first kappa shape index (κ1) is 11.2. The number of aromatic nitrogens is 2. The van der Waals surface area contributed by atoms with E-state index in [9.17, 15) is 0 Å². The van der Waals surface area contributed by atoms with Crippen LogP contribution in [0, 0.1) is 12.3 Å². The molecule has 0 aromatic carbocycles. The van der Waals surface area contributed by atoms with Gasteiger partial charge in [-0.15, -0.1) is 0 Å². The van der Waals surface area contributed by atoms with Gasteiger partial charge in [0.2, 0.25) is 0 Å². The van der Waals surface area contributed by atoms with Crippen molar-refractivity contribution in [1.29, 1.82) is 0 Å². The lowest BCUT2D eigenvalue weighted by atomic mass is 9.83. The number of hydrogen-bond acceptors (Lipinski definition) is 3. The van der Waals surface area contributed by atoms with Gasteiger partial charge in [0.1, 0.15) is 0 Å². The summed E-state index contributed by atoms with van der Waals surface area (Å²) in [5.74, 6) is 5.58. The second-order valence-corrected chi connectivity index (χ2v) is 4.81. The van der Waals surface area contributed by atoms with Gasteiger partial charge in [0.05, 0.1) is 11.7 Å². The molecule has 3 N–H and O–H groups in total. The summed E-state index contributed by atoms with van der Waals surface area (Å²) >= 11 is 0. The van der Waals surface area contributed by atoms with E-state index in [-0.39, 0.29) is 11.5 Å². The first-order valence-electron chi connectivity index (χ1n) is 4.82. The standard InChI is InChI=1S/C10H20N4/c1-7-8(6-14(5)13-7)9(12-11)10(2,3)4/h6,9,12H,11H2,1-5H3. The lowest BCUT2D eigenvalue weighted by molar-refractivity contribution is 0.274. The summed E-state index contributed by atoms with van der Waals surface area (Å²) in [5.41, 5.74) is 5.15. The zero-order valence-corrected chi connectivity index (χ0v) is 9.63. The highest BCUT2D eigenvalue weighted by molar-refractivity contribution is 5.21. The Labute approximate surface area is 85.5 Å². The molecule has 1 unspecified atom stereocenters. The van der Waals surface area contributed by atoms with Crippen LogP contribution in [0.15, 0.2) is 6.20 Å². The average molecular weight is 196 g/mol. The van der Waals surface area contributed by atoms with Gasteiger partial charge in [-0.25, -0.2) is 0 Å². The Morgan fingerprint density at radius 2 is 2.07 bits per heavy atom. The largest absolute Gasteiger partial charge is 0.275 e. The van der Waals surface area contributed by atoms with E-state index in [1.165, 1.54) is 5.56 Å². The third kappa shape index (κ3) is 2.13. The summed E-state index contributed by atoms with van der Waals surface area (Å²) in [6.07, 6.45) is 2.02. The molecule has 80 valence electrons. The van der Waals surface area contributed by atoms with Crippen molar-refractivity contribution >= 4 is 0 Å². The fraction of sp³-hybridized carbons (Fsp3) is 0.700. The molecule has 1 aromatic rings. The number of nitrogens with one attached hydrogen (secondary N) is 1. The maximum absolute atomic E-state index is 5.58. The Bertz CT molecular complexity index is 308. The molecule has 0 saturated heterocycles. The highest BCUT2D eigenvalue weighted by Crippen LogP contribution is 2.33. The topological polar surface area (TPSA) is 55.9 Å². The number of nitrogens with two attached hydrogens (primary N) is 1. The molecule has 0 aliphatic rings. The zero-order valence-electron chi connectivity index (χ0n) is 9.63. The van der Waals surface area contributed by atoms with Crippen LogP contribution in [0.1, 0.15) is 38.1 Å². The van der Waals surface area contributed by atoms with Crippen LogP contribution in [0.4, 0.5) is 0 Å². The molecule has 0 radical (unpaired) electrons. The van der Waals surface area contributed by atoms with Crippen LogP contribution in [0.2, 0.25) is 0 Å². The van der Waals surface area contributed by atoms with Gasteiger partial charge in [-0.1, -0.05) is 20.8 Å². The number of hydrogen-bond donors (Lipinski definition) is 2. The minimum Gasteiger partial charge on any atom is -0.275 e. The molecule has 0 saturated carbocycles. The Morgan fingerprint density at radius 3 is 2.36 bits per heavy atom. The van der Waals surface area contributed by atoms with Gasteiger partial charge in [0, 0.05) is 18.8 Å². The molecule has 1 atom stereocenters. The van der Waals surface area contributed by atoms with Crippen molar-refractivity contribution < 1.29 is 0 Å². The van der Waals surface area contributed by atoms with Crippen molar-refractivity contribution in [3.05, 3.63) is 17.5 Å². The molecule has 0 aliphatic carbocycles. The molecular formula is C10H20N4. The van der Waals surface area contributed by atoms with Crippen molar-refractivity contribution in [2.45, 2.75) is 33.7 Å². The van der Waals surface area contributed by atoms with Crippen LogP contribution in [0.3, 0.4) is 0 Å². The van der Waals surface area contributed by atoms with E-state index in [2.05, 4.69) is 31.3 Å². The second kappa shape index (κ2) is 3.71. The molecule has 1 rings (SSSR count). The number of hydrazine groups is 1. The van der Waals surface area contributed by atoms with Crippen LogP contribution in [0.25, 0.3) is 0 Å². The Kier molecular flexibility index (Phi) is 2.97. The summed E-state index contributed by atoms with van der Waals surface area (Å²) in [5, 5.41) is 4.31. The minimum atomic E-state index is 0.0859. The van der Waals surface area contributed by atoms with E-state index >= 15 is 0 Å². The number of aryl methyl sites for hydroxylation is 2. The molecule has 1 aromatic heterocycles. The molecule has 0 amide bonds. The molecule has 4 nitrogen and oxygen atoms in total. The summed E-state index contributed by atoms with van der Waals surface area (Å²) < 4.78 is 1.82. The van der Waals surface area contributed by atoms with E-state index in [4.69, 9.17) is 5.84 Å². The fourth-order valence-electron chi connectivity index (χ4n) is 1.71. The molecular weight excluding hydrogens is 176 g/mol. The predicted molar refractivity (Wildman–Crippen MR) is 57.5 cm³/mol. The van der Waals surface area contributed by atoms with Gasteiger partial charge >= 0.3 is 0 Å². The monoisotopic (exact) mass is 196 g/mol. The van der Waals surface area contributed by atoms with Crippen LogP contribution < -0.4 is 11.3 Å². The van der Waals surface area contributed by atoms with E-state index in [1.54, 1.807) is 0 Å². The van der Waals surface area contributed by atoms with E-state index < -0.39 is 0 Å². The second-order valence-electron chi connectivity index (χ2n) is 4.81. The Balaban J connectivity index is 3.07. The molecule has 1 heterocycles. The predicted octanol–water partition coefficient (Wildman–Crippen LogP) is 1.28. The van der Waals surface area contributed by atoms with E-state index in [0.717, 1.165) is 5.69 Å². The first-order valence-corrected chi connectivity index (χ1v) is 4.82. The summed E-state index contributed by atoms with van der Waals surface area (Å²) in [6, 6.07) is 0.135. The molecule has 0 spiro atoms. The van der Waals surface area contributed by atoms with Crippen molar-refractivity contribution in [2.75, 3.05) is 0 Å². The number of nitrogens with zero attached hydrogens (tertiary/aromatic N) is 2. The van der Waals surface area contributed by atoms with Gasteiger partial charge in [0.15, 0.2) is 0 Å². The SMILES string of the molecule is Cc1nn(C)cc1C(NN)C(C)(C)C. The smallest absolute Gasteiger partial charge is 0.0642 e. The van der Waals surface area contributed by atoms with Gasteiger partial charge in [0.25, 0.3) is 0 Å². The summed E-state index contributed by atoms with van der Waals surface area (Å²) in [7, 11) is 1.92. The highest BCUT2D eigenvalue weighted by atomic mass is 15.3. The van der Waals surface area contributed by atoms with Crippen LogP contribution in [-0.2, 0) is 7.05 Å². The average Bonchev–Trinajstić information content (AvgIpc) is 2.29. The van der Waals surface area contributed by atoms with Crippen LogP contribution in [-0.4, -0.2) is 9.78 Å². The Hall–Kier alpha value is -0.870. The molecule has 4 heteroatoms. The third-order valence-corrected chi connectivity index (χ3v) is 2.40. The maximum Gasteiger partial charge on any atom is 0.0642 e. The van der Waals surface area contributed by atoms with Gasteiger partial charge in [-0.2, -0.15) is 5.10 Å². The molecule has 0 fully saturated rings. The molecule has 0 bridgehead atoms. The Morgan fingerprint density at radius 1 is 1.50 bits per heavy atom. The molecule has 14 heavy (non-hydrogen) atoms. The lowest BCUT2D eigenvalue weighted by Gasteiger charge is -2.29.